The molecule has 6 nitrogen and oxygen atoms in total. The first-order chi connectivity index (χ1) is 15.6. The molecular weight excluding hydrogens is 466 g/mol. The predicted octanol–water partition coefficient (Wildman–Crippen LogP) is 5.10. The number of ether oxygens (including phenoxy) is 1. The topological polar surface area (TPSA) is 62.3 Å². The van der Waals surface area contributed by atoms with Crippen LogP contribution in [0, 0.1) is 5.92 Å². The summed E-state index contributed by atoms with van der Waals surface area (Å²) in [5.74, 6) is 3.25. The van der Waals surface area contributed by atoms with E-state index in [9.17, 15) is 0 Å². The Morgan fingerprint density at radius 2 is 1.75 bits per heavy atom. The van der Waals surface area contributed by atoms with E-state index in [2.05, 4.69) is 32.6 Å². The summed E-state index contributed by atoms with van der Waals surface area (Å²) in [5, 5.41) is 8.23. The molecule has 2 N–H and O–H groups in total. The van der Waals surface area contributed by atoms with Crippen molar-refractivity contribution in [2.45, 2.75) is 31.7 Å². The number of halogens is 1. The van der Waals surface area contributed by atoms with Crippen LogP contribution in [0.25, 0.3) is 10.9 Å². The van der Waals surface area contributed by atoms with E-state index in [0.717, 1.165) is 46.0 Å². The van der Waals surface area contributed by atoms with Crippen LogP contribution in [0.2, 0.25) is 0 Å². The third-order valence-corrected chi connectivity index (χ3v) is 6.55. The van der Waals surface area contributed by atoms with Crippen LogP contribution in [0.1, 0.15) is 25.7 Å². The van der Waals surface area contributed by atoms with Gasteiger partial charge in [-0.1, -0.05) is 28.1 Å². The molecule has 1 aliphatic carbocycles. The number of anilines is 2. The maximum absolute atomic E-state index is 5.81. The largest absolute Gasteiger partial charge is 0.492 e. The van der Waals surface area contributed by atoms with E-state index in [1.165, 1.54) is 25.7 Å². The Kier molecular flexibility index (Phi) is 7.81. The molecule has 32 heavy (non-hydrogen) atoms. The van der Waals surface area contributed by atoms with Gasteiger partial charge in [0.25, 0.3) is 0 Å². The molecule has 170 valence electrons. The summed E-state index contributed by atoms with van der Waals surface area (Å²) < 4.78 is 6.88. The summed E-state index contributed by atoms with van der Waals surface area (Å²) >= 11 is 3.45. The summed E-state index contributed by atoms with van der Waals surface area (Å²) in [6, 6.07) is 16.7. The van der Waals surface area contributed by atoms with Crippen LogP contribution in [-0.2, 0) is 0 Å². The number of rotatable bonds is 9. The number of para-hydroxylation sites is 1. The van der Waals surface area contributed by atoms with E-state index in [1.54, 1.807) is 0 Å². The van der Waals surface area contributed by atoms with E-state index in [0.29, 0.717) is 18.6 Å². The Labute approximate surface area is 198 Å². The van der Waals surface area contributed by atoms with E-state index in [1.807, 2.05) is 61.5 Å². The molecule has 7 heteroatoms. The van der Waals surface area contributed by atoms with Gasteiger partial charge >= 0.3 is 0 Å². The molecule has 0 aliphatic heterocycles. The SMILES string of the molecule is CN(C)c1nc(NCC2CCC(NCCOc3ccc(Br)cc3)CC2)nc2ccccc12. The third kappa shape index (κ3) is 6.11. The van der Waals surface area contributed by atoms with Crippen LogP contribution in [0.4, 0.5) is 11.8 Å². The van der Waals surface area contributed by atoms with Crippen molar-refractivity contribution >= 4 is 38.6 Å². The van der Waals surface area contributed by atoms with E-state index < -0.39 is 0 Å². The number of aromatic nitrogens is 2. The molecule has 0 atom stereocenters. The Morgan fingerprint density at radius 3 is 2.50 bits per heavy atom. The predicted molar refractivity (Wildman–Crippen MR) is 136 cm³/mol. The Morgan fingerprint density at radius 1 is 1.00 bits per heavy atom. The molecule has 0 radical (unpaired) electrons. The van der Waals surface area contributed by atoms with Gasteiger partial charge in [0, 0.05) is 43.1 Å². The normalized spacial score (nSPS) is 18.5. The van der Waals surface area contributed by atoms with Crippen molar-refractivity contribution in [1.82, 2.24) is 15.3 Å². The lowest BCUT2D eigenvalue weighted by atomic mass is 9.86. The average Bonchev–Trinajstić information content (AvgIpc) is 2.81. The van der Waals surface area contributed by atoms with Crippen molar-refractivity contribution in [2.75, 3.05) is 44.0 Å². The van der Waals surface area contributed by atoms with Gasteiger partial charge < -0.3 is 20.3 Å². The number of hydrogen-bond donors (Lipinski definition) is 2. The van der Waals surface area contributed by atoms with Gasteiger partial charge in [-0.3, -0.25) is 0 Å². The molecule has 1 heterocycles. The fourth-order valence-electron chi connectivity index (χ4n) is 4.25. The van der Waals surface area contributed by atoms with Gasteiger partial charge in [0.05, 0.1) is 5.52 Å². The monoisotopic (exact) mass is 497 g/mol. The van der Waals surface area contributed by atoms with Gasteiger partial charge in [-0.05, 0) is 68.0 Å². The van der Waals surface area contributed by atoms with Gasteiger partial charge in [-0.2, -0.15) is 4.98 Å². The summed E-state index contributed by atoms with van der Waals surface area (Å²) in [4.78, 5) is 11.5. The highest BCUT2D eigenvalue weighted by Crippen LogP contribution is 2.26. The standard InChI is InChI=1S/C25H32BrN5O/c1-31(2)24-22-5-3-4-6-23(22)29-25(30-24)28-17-18-7-11-20(12-8-18)27-15-16-32-21-13-9-19(26)10-14-21/h3-6,9-10,13-14,18,20,27H,7-8,11-12,15-17H2,1-2H3,(H,28,29,30). The van der Waals surface area contributed by atoms with Gasteiger partial charge in [-0.15, -0.1) is 0 Å². The Hall–Kier alpha value is -2.38. The number of nitrogens with one attached hydrogen (secondary N) is 2. The van der Waals surface area contributed by atoms with Crippen LogP contribution in [-0.4, -0.2) is 49.8 Å². The summed E-state index contributed by atoms with van der Waals surface area (Å²) in [6.45, 7) is 2.49. The van der Waals surface area contributed by atoms with E-state index in [4.69, 9.17) is 14.7 Å². The lowest BCUT2D eigenvalue weighted by Gasteiger charge is -2.29. The first-order valence-electron chi connectivity index (χ1n) is 11.4. The fraction of sp³-hybridized carbons (Fsp3) is 0.440. The maximum Gasteiger partial charge on any atom is 0.225 e. The van der Waals surface area contributed by atoms with Crippen LogP contribution in [0.3, 0.4) is 0 Å². The molecule has 0 unspecified atom stereocenters. The average molecular weight is 498 g/mol. The summed E-state index contributed by atoms with van der Waals surface area (Å²) in [5.41, 5.74) is 0.979. The van der Waals surface area contributed by atoms with Crippen molar-refractivity contribution in [3.8, 4) is 5.75 Å². The molecule has 2 aromatic carbocycles. The second-order valence-electron chi connectivity index (χ2n) is 8.64. The fourth-order valence-corrected chi connectivity index (χ4v) is 4.51. The second-order valence-corrected chi connectivity index (χ2v) is 9.55. The van der Waals surface area contributed by atoms with E-state index in [-0.39, 0.29) is 0 Å². The highest BCUT2D eigenvalue weighted by atomic mass is 79.9. The maximum atomic E-state index is 5.81. The molecule has 1 aliphatic rings. The Balaban J connectivity index is 1.19. The Bertz CT molecular complexity index is 1000. The van der Waals surface area contributed by atoms with Crippen LogP contribution in [0.5, 0.6) is 5.75 Å². The van der Waals surface area contributed by atoms with Gasteiger partial charge in [0.1, 0.15) is 18.2 Å². The minimum atomic E-state index is 0.581. The quantitative estimate of drug-likeness (QED) is 0.401. The molecule has 0 bridgehead atoms. The first-order valence-corrected chi connectivity index (χ1v) is 12.2. The number of hydrogen-bond acceptors (Lipinski definition) is 6. The lowest BCUT2D eigenvalue weighted by Crippen LogP contribution is -2.36. The molecule has 4 rings (SSSR count). The molecule has 3 aromatic rings. The highest BCUT2D eigenvalue weighted by Gasteiger charge is 2.21. The minimum Gasteiger partial charge on any atom is -0.492 e. The summed E-state index contributed by atoms with van der Waals surface area (Å²) in [6.07, 6.45) is 4.83. The second kappa shape index (κ2) is 11.0. The molecule has 0 spiro atoms. The number of benzene rings is 2. The zero-order valence-electron chi connectivity index (χ0n) is 18.9. The van der Waals surface area contributed by atoms with Crippen molar-refractivity contribution in [3.05, 3.63) is 53.0 Å². The zero-order chi connectivity index (χ0) is 22.3. The van der Waals surface area contributed by atoms with E-state index >= 15 is 0 Å². The molecular formula is C25H32BrN5O. The molecule has 0 saturated heterocycles. The number of nitrogens with zero attached hydrogens (tertiary/aromatic N) is 3. The van der Waals surface area contributed by atoms with Crippen LogP contribution >= 0.6 is 15.9 Å². The summed E-state index contributed by atoms with van der Waals surface area (Å²) in [7, 11) is 4.05. The highest BCUT2D eigenvalue weighted by molar-refractivity contribution is 9.10. The number of fused-ring (bicyclic) bond motifs is 1. The van der Waals surface area contributed by atoms with Crippen LogP contribution < -0.4 is 20.3 Å². The molecule has 1 fully saturated rings. The minimum absolute atomic E-state index is 0.581. The lowest BCUT2D eigenvalue weighted by molar-refractivity contribution is 0.267. The smallest absolute Gasteiger partial charge is 0.225 e. The molecule has 1 saturated carbocycles. The molecule has 0 amide bonds. The first kappa shape index (κ1) is 22.8. The third-order valence-electron chi connectivity index (χ3n) is 6.02. The zero-order valence-corrected chi connectivity index (χ0v) is 20.4. The van der Waals surface area contributed by atoms with Crippen molar-refractivity contribution in [3.63, 3.8) is 0 Å². The van der Waals surface area contributed by atoms with Crippen molar-refractivity contribution in [1.29, 1.82) is 0 Å². The molecule has 1 aromatic heterocycles. The van der Waals surface area contributed by atoms with Gasteiger partial charge in [0.15, 0.2) is 0 Å². The van der Waals surface area contributed by atoms with Gasteiger partial charge in [0.2, 0.25) is 5.95 Å². The van der Waals surface area contributed by atoms with Crippen molar-refractivity contribution < 1.29 is 4.74 Å². The van der Waals surface area contributed by atoms with Crippen molar-refractivity contribution in [2.24, 2.45) is 5.92 Å². The van der Waals surface area contributed by atoms with Gasteiger partial charge in [-0.25, -0.2) is 4.98 Å². The van der Waals surface area contributed by atoms with Crippen LogP contribution in [0.15, 0.2) is 53.0 Å².